The Balaban J connectivity index is 1.06. The summed E-state index contributed by atoms with van der Waals surface area (Å²) in [5.74, 6) is 1.26. The Morgan fingerprint density at radius 2 is 1.71 bits per heavy atom. The van der Waals surface area contributed by atoms with E-state index in [-0.39, 0.29) is 11.9 Å². The molecule has 0 saturated carbocycles. The van der Waals surface area contributed by atoms with Crippen LogP contribution in [0.4, 0.5) is 27.9 Å². The van der Waals surface area contributed by atoms with Crippen LogP contribution in [-0.4, -0.2) is 91.8 Å². The van der Waals surface area contributed by atoms with Gasteiger partial charge in [0.05, 0.1) is 36.8 Å². The van der Waals surface area contributed by atoms with Crippen LogP contribution in [0.3, 0.4) is 0 Å². The molecule has 2 fully saturated rings. The SMILES string of the molecule is Cc1c(Nc2ncnc(N3CCN(c4ncc(C(C)(O)c5ccc(F)cc5)cn4)CC3)n2)cnn1CC1CNCCO1. The summed E-state index contributed by atoms with van der Waals surface area (Å²) in [7, 11) is 0. The van der Waals surface area contributed by atoms with Crippen LogP contribution in [0.1, 0.15) is 23.7 Å². The Morgan fingerprint density at radius 1 is 1.00 bits per heavy atom. The van der Waals surface area contributed by atoms with Crippen molar-refractivity contribution >= 4 is 23.5 Å². The van der Waals surface area contributed by atoms with E-state index >= 15 is 0 Å². The third kappa shape index (κ3) is 6.00. The minimum absolute atomic E-state index is 0.0901. The summed E-state index contributed by atoms with van der Waals surface area (Å²) in [6.07, 6.45) is 6.61. The van der Waals surface area contributed by atoms with E-state index in [2.05, 4.69) is 50.5 Å². The highest BCUT2D eigenvalue weighted by atomic mass is 19.1. The molecule has 2 aliphatic heterocycles. The smallest absolute Gasteiger partial charge is 0.232 e. The van der Waals surface area contributed by atoms with Crippen molar-refractivity contribution in [3.8, 4) is 0 Å². The largest absolute Gasteiger partial charge is 0.381 e. The monoisotopic (exact) mass is 575 g/mol. The van der Waals surface area contributed by atoms with Crippen molar-refractivity contribution in [3.63, 3.8) is 0 Å². The third-order valence-electron chi connectivity index (χ3n) is 7.74. The Hall–Kier alpha value is -4.27. The van der Waals surface area contributed by atoms with Gasteiger partial charge < -0.3 is 30.3 Å². The molecule has 2 saturated heterocycles. The number of aliphatic hydroxyl groups is 1. The lowest BCUT2D eigenvalue weighted by Crippen LogP contribution is -2.47. The molecule has 3 aromatic heterocycles. The van der Waals surface area contributed by atoms with Crippen molar-refractivity contribution in [3.05, 3.63) is 71.8 Å². The first kappa shape index (κ1) is 27.9. The van der Waals surface area contributed by atoms with Crippen molar-refractivity contribution < 1.29 is 14.2 Å². The van der Waals surface area contributed by atoms with Crippen LogP contribution in [0, 0.1) is 12.7 Å². The predicted molar refractivity (Wildman–Crippen MR) is 154 cm³/mol. The van der Waals surface area contributed by atoms with E-state index in [1.54, 1.807) is 37.6 Å². The Kier molecular flexibility index (Phi) is 7.91. The molecule has 2 aliphatic rings. The molecular formula is C28H34FN11O2. The summed E-state index contributed by atoms with van der Waals surface area (Å²) in [5.41, 5.74) is 1.57. The van der Waals surface area contributed by atoms with E-state index in [1.165, 1.54) is 18.5 Å². The summed E-state index contributed by atoms with van der Waals surface area (Å²) in [6, 6.07) is 5.77. The number of aromatic nitrogens is 7. The highest BCUT2D eigenvalue weighted by molar-refractivity contribution is 5.56. The average Bonchev–Trinajstić information content (AvgIpc) is 3.36. The molecule has 13 nitrogen and oxygen atoms in total. The van der Waals surface area contributed by atoms with E-state index in [1.807, 2.05) is 11.6 Å². The first-order valence-corrected chi connectivity index (χ1v) is 14.0. The van der Waals surface area contributed by atoms with Gasteiger partial charge >= 0.3 is 0 Å². The number of rotatable bonds is 8. The van der Waals surface area contributed by atoms with E-state index in [0.717, 1.165) is 24.5 Å². The van der Waals surface area contributed by atoms with Gasteiger partial charge in [-0.2, -0.15) is 10.1 Å². The molecule has 2 unspecified atom stereocenters. The molecule has 3 N–H and O–H groups in total. The number of ether oxygens (including phenoxy) is 1. The van der Waals surface area contributed by atoms with Gasteiger partial charge in [-0.15, -0.1) is 0 Å². The molecule has 0 aliphatic carbocycles. The fraction of sp³-hybridized carbons (Fsp3) is 0.429. The molecule has 6 rings (SSSR count). The van der Waals surface area contributed by atoms with Gasteiger partial charge in [-0.3, -0.25) is 4.68 Å². The van der Waals surface area contributed by atoms with E-state index in [4.69, 9.17) is 4.74 Å². The van der Waals surface area contributed by atoms with Crippen molar-refractivity contribution in [1.82, 2.24) is 40.0 Å². The van der Waals surface area contributed by atoms with Gasteiger partial charge in [-0.25, -0.2) is 24.3 Å². The van der Waals surface area contributed by atoms with Gasteiger partial charge in [-0.1, -0.05) is 12.1 Å². The molecule has 2 atom stereocenters. The minimum atomic E-state index is -1.34. The summed E-state index contributed by atoms with van der Waals surface area (Å²) >= 11 is 0. The van der Waals surface area contributed by atoms with Crippen LogP contribution in [0.5, 0.6) is 0 Å². The van der Waals surface area contributed by atoms with Gasteiger partial charge in [0.15, 0.2) is 0 Å². The molecule has 1 aromatic carbocycles. The van der Waals surface area contributed by atoms with E-state index in [0.29, 0.717) is 68.3 Å². The fourth-order valence-corrected chi connectivity index (χ4v) is 5.09. The van der Waals surface area contributed by atoms with Gasteiger partial charge in [0.2, 0.25) is 17.8 Å². The molecule has 0 radical (unpaired) electrons. The Morgan fingerprint density at radius 3 is 2.40 bits per heavy atom. The molecule has 0 spiro atoms. The number of anilines is 4. The number of benzene rings is 1. The topological polar surface area (TPSA) is 142 Å². The van der Waals surface area contributed by atoms with Crippen LogP contribution < -0.4 is 20.4 Å². The third-order valence-corrected chi connectivity index (χ3v) is 7.74. The van der Waals surface area contributed by atoms with Gasteiger partial charge in [0.1, 0.15) is 17.7 Å². The molecule has 220 valence electrons. The van der Waals surface area contributed by atoms with Crippen molar-refractivity contribution in [1.29, 1.82) is 0 Å². The number of halogens is 1. The molecular weight excluding hydrogens is 541 g/mol. The Labute approximate surface area is 242 Å². The number of hydrogen-bond acceptors (Lipinski definition) is 12. The predicted octanol–water partition coefficient (Wildman–Crippen LogP) is 1.62. The standard InChI is InChI=1S/C28H34FN11O2/c1-19-24(16-35-40(19)17-23-15-30-7-12-42-23)36-25-33-18-34-27(37-25)39-10-8-38(9-11-39)26-31-13-21(14-32-26)28(2,41)20-3-5-22(29)6-4-20/h3-6,13-14,16,18,23,30,41H,7-12,15,17H2,1-2H3,(H,33,34,36,37). The van der Waals surface area contributed by atoms with Crippen molar-refractivity contribution in [2.75, 3.05) is 61.0 Å². The number of piperazine rings is 1. The van der Waals surface area contributed by atoms with Crippen LogP contribution in [0.2, 0.25) is 0 Å². The first-order valence-electron chi connectivity index (χ1n) is 14.0. The minimum Gasteiger partial charge on any atom is -0.381 e. The summed E-state index contributed by atoms with van der Waals surface area (Å²) in [6.45, 7) is 9.41. The normalized spacial score (nSPS) is 19.0. The maximum Gasteiger partial charge on any atom is 0.232 e. The van der Waals surface area contributed by atoms with Crippen LogP contribution in [0.15, 0.2) is 49.2 Å². The summed E-state index contributed by atoms with van der Waals surface area (Å²) in [5, 5.41) is 22.2. The lowest BCUT2D eigenvalue weighted by Gasteiger charge is -2.34. The highest BCUT2D eigenvalue weighted by Gasteiger charge is 2.28. The fourth-order valence-electron chi connectivity index (χ4n) is 5.09. The molecule has 14 heteroatoms. The van der Waals surface area contributed by atoms with Crippen LogP contribution >= 0.6 is 0 Å². The summed E-state index contributed by atoms with van der Waals surface area (Å²) < 4.78 is 21.1. The second-order valence-corrected chi connectivity index (χ2v) is 10.6. The number of nitrogens with one attached hydrogen (secondary N) is 2. The van der Waals surface area contributed by atoms with Gasteiger partial charge in [0.25, 0.3) is 0 Å². The molecule has 4 aromatic rings. The van der Waals surface area contributed by atoms with E-state index < -0.39 is 5.60 Å². The average molecular weight is 576 g/mol. The Bertz CT molecular complexity index is 1480. The number of hydrogen-bond donors (Lipinski definition) is 3. The quantitative estimate of drug-likeness (QED) is 0.281. The lowest BCUT2D eigenvalue weighted by molar-refractivity contribution is 0.0158. The zero-order valence-electron chi connectivity index (χ0n) is 23.6. The van der Waals surface area contributed by atoms with Crippen LogP contribution in [0.25, 0.3) is 0 Å². The number of nitrogens with zero attached hydrogens (tertiary/aromatic N) is 9. The second kappa shape index (κ2) is 11.9. The van der Waals surface area contributed by atoms with Gasteiger partial charge in [-0.05, 0) is 31.5 Å². The maximum absolute atomic E-state index is 13.3. The second-order valence-electron chi connectivity index (χ2n) is 10.6. The molecule has 42 heavy (non-hydrogen) atoms. The zero-order chi connectivity index (χ0) is 29.1. The zero-order valence-corrected chi connectivity index (χ0v) is 23.6. The van der Waals surface area contributed by atoms with Crippen LogP contribution in [-0.2, 0) is 16.9 Å². The van der Waals surface area contributed by atoms with Gasteiger partial charge in [0, 0.05) is 57.2 Å². The lowest BCUT2D eigenvalue weighted by atomic mass is 9.90. The molecule has 0 amide bonds. The summed E-state index contributed by atoms with van der Waals surface area (Å²) in [4.78, 5) is 26.6. The van der Waals surface area contributed by atoms with Crippen molar-refractivity contribution in [2.45, 2.75) is 32.1 Å². The molecule has 5 heterocycles. The van der Waals surface area contributed by atoms with Crippen molar-refractivity contribution in [2.24, 2.45) is 0 Å². The van der Waals surface area contributed by atoms with E-state index in [9.17, 15) is 9.50 Å². The first-order chi connectivity index (χ1) is 20.4. The maximum atomic E-state index is 13.3. The molecule has 0 bridgehead atoms. The highest BCUT2D eigenvalue weighted by Crippen LogP contribution is 2.29. The number of morpholine rings is 1.